The zero-order valence-electron chi connectivity index (χ0n) is 16.0. The second-order valence-electron chi connectivity index (χ2n) is 6.94. The highest BCUT2D eigenvalue weighted by Gasteiger charge is 2.10. The van der Waals surface area contributed by atoms with Crippen LogP contribution in [-0.4, -0.2) is 16.7 Å². The van der Waals surface area contributed by atoms with Crippen LogP contribution in [-0.2, 0) is 20.0 Å². The van der Waals surface area contributed by atoms with Gasteiger partial charge < -0.3 is 14.6 Å². The van der Waals surface area contributed by atoms with Crippen LogP contribution in [0.15, 0.2) is 30.3 Å². The van der Waals surface area contributed by atoms with Gasteiger partial charge in [-0.05, 0) is 69.9 Å². The maximum Gasteiger partial charge on any atom is 0.120 e. The molecule has 0 amide bonds. The van der Waals surface area contributed by atoms with Crippen molar-refractivity contribution in [2.45, 2.75) is 59.2 Å². The maximum atomic E-state index is 9.11. The lowest BCUT2D eigenvalue weighted by molar-refractivity contribution is 0.242. The van der Waals surface area contributed by atoms with Crippen molar-refractivity contribution >= 4 is 0 Å². The van der Waals surface area contributed by atoms with Gasteiger partial charge in [-0.2, -0.15) is 5.26 Å². The van der Waals surface area contributed by atoms with Crippen molar-refractivity contribution in [3.8, 4) is 11.8 Å². The number of hydrogen-bond donors (Lipinski definition) is 1. The predicted molar refractivity (Wildman–Crippen MR) is 102 cm³/mol. The molecule has 0 saturated carbocycles. The summed E-state index contributed by atoms with van der Waals surface area (Å²) in [5.41, 5.74) is 4.39. The van der Waals surface area contributed by atoms with E-state index in [-0.39, 0.29) is 6.10 Å². The summed E-state index contributed by atoms with van der Waals surface area (Å²) in [7, 11) is 1.94. The number of nitriles is 1. The molecule has 1 N–H and O–H groups in total. The fourth-order valence-electron chi connectivity index (χ4n) is 2.82. The topological polar surface area (TPSA) is 50.0 Å². The lowest BCUT2D eigenvalue weighted by Crippen LogP contribution is -2.26. The van der Waals surface area contributed by atoms with Gasteiger partial charge in [-0.3, -0.25) is 0 Å². The minimum absolute atomic E-state index is 0.207. The van der Waals surface area contributed by atoms with E-state index < -0.39 is 0 Å². The zero-order valence-corrected chi connectivity index (χ0v) is 16.0. The van der Waals surface area contributed by atoms with Crippen LogP contribution in [0.4, 0.5) is 0 Å². The SMILES string of the molecule is Cc1c(CN[C@@H](C)CCc2ccc(OC(C)C)cc2)cc(C#N)n1C. The third-order valence-corrected chi connectivity index (χ3v) is 4.56. The summed E-state index contributed by atoms with van der Waals surface area (Å²) in [6, 6.07) is 13.0. The third-order valence-electron chi connectivity index (χ3n) is 4.56. The fraction of sp³-hybridized carbons (Fsp3) is 0.476. The van der Waals surface area contributed by atoms with E-state index in [9.17, 15) is 0 Å². The molecule has 0 radical (unpaired) electrons. The van der Waals surface area contributed by atoms with Gasteiger partial charge in [0.1, 0.15) is 17.5 Å². The molecule has 0 unspecified atom stereocenters. The summed E-state index contributed by atoms with van der Waals surface area (Å²) in [6.45, 7) is 9.14. The lowest BCUT2D eigenvalue weighted by atomic mass is 10.1. The second kappa shape index (κ2) is 8.73. The molecular formula is C21H29N3O. The fourth-order valence-corrected chi connectivity index (χ4v) is 2.82. The molecule has 0 spiro atoms. The van der Waals surface area contributed by atoms with Crippen molar-refractivity contribution in [3.05, 3.63) is 52.8 Å². The Morgan fingerprint density at radius 1 is 1.20 bits per heavy atom. The van der Waals surface area contributed by atoms with Crippen LogP contribution in [0.2, 0.25) is 0 Å². The lowest BCUT2D eigenvalue weighted by Gasteiger charge is -2.14. The van der Waals surface area contributed by atoms with E-state index in [0.29, 0.717) is 11.7 Å². The Morgan fingerprint density at radius 2 is 1.88 bits per heavy atom. The minimum Gasteiger partial charge on any atom is -0.491 e. The van der Waals surface area contributed by atoms with Crippen LogP contribution < -0.4 is 10.1 Å². The molecule has 134 valence electrons. The highest BCUT2D eigenvalue weighted by Crippen LogP contribution is 2.16. The van der Waals surface area contributed by atoms with E-state index in [1.54, 1.807) is 0 Å². The van der Waals surface area contributed by atoms with E-state index in [0.717, 1.165) is 30.8 Å². The van der Waals surface area contributed by atoms with Crippen LogP contribution in [0.1, 0.15) is 49.7 Å². The van der Waals surface area contributed by atoms with Gasteiger partial charge >= 0.3 is 0 Å². The van der Waals surface area contributed by atoms with E-state index in [1.807, 2.05) is 43.7 Å². The van der Waals surface area contributed by atoms with E-state index in [4.69, 9.17) is 10.00 Å². The Labute approximate surface area is 151 Å². The molecular weight excluding hydrogens is 310 g/mol. The standard InChI is InChI=1S/C21H29N3O/c1-15(2)25-21-10-8-18(9-11-21)7-6-16(3)23-14-19-12-20(13-22)24(5)17(19)4/h8-12,15-16,23H,6-7,14H2,1-5H3/t16-/m0/s1. The molecule has 0 aliphatic heterocycles. The molecule has 4 nitrogen and oxygen atoms in total. The number of aromatic nitrogens is 1. The summed E-state index contributed by atoms with van der Waals surface area (Å²) >= 11 is 0. The van der Waals surface area contributed by atoms with Gasteiger partial charge in [-0.1, -0.05) is 12.1 Å². The van der Waals surface area contributed by atoms with Gasteiger partial charge in [-0.25, -0.2) is 0 Å². The number of hydrogen-bond acceptors (Lipinski definition) is 3. The average Bonchev–Trinajstić information content (AvgIpc) is 2.86. The Morgan fingerprint density at radius 3 is 2.44 bits per heavy atom. The zero-order chi connectivity index (χ0) is 18.4. The summed E-state index contributed by atoms with van der Waals surface area (Å²) < 4.78 is 7.62. The first kappa shape index (κ1) is 19.1. The summed E-state index contributed by atoms with van der Waals surface area (Å²) in [6.07, 6.45) is 2.31. The van der Waals surface area contributed by atoms with Gasteiger partial charge in [0.15, 0.2) is 0 Å². The molecule has 1 aromatic carbocycles. The smallest absolute Gasteiger partial charge is 0.120 e. The first-order valence-electron chi connectivity index (χ1n) is 8.95. The number of benzene rings is 1. The first-order chi connectivity index (χ1) is 11.9. The van der Waals surface area contributed by atoms with Gasteiger partial charge in [0.2, 0.25) is 0 Å². The quantitative estimate of drug-likeness (QED) is 0.787. The van der Waals surface area contributed by atoms with Gasteiger partial charge in [-0.15, -0.1) is 0 Å². The van der Waals surface area contributed by atoms with Crippen molar-refractivity contribution in [2.75, 3.05) is 0 Å². The number of aryl methyl sites for hydroxylation is 1. The number of ether oxygens (including phenoxy) is 1. The second-order valence-corrected chi connectivity index (χ2v) is 6.94. The molecule has 4 heteroatoms. The normalized spacial score (nSPS) is 12.2. The Bertz CT molecular complexity index is 723. The Balaban J connectivity index is 1.81. The van der Waals surface area contributed by atoms with Gasteiger partial charge in [0.05, 0.1) is 6.10 Å². The van der Waals surface area contributed by atoms with Crippen molar-refractivity contribution in [1.82, 2.24) is 9.88 Å². The molecule has 0 fully saturated rings. The number of nitrogens with one attached hydrogen (secondary N) is 1. The van der Waals surface area contributed by atoms with E-state index in [1.165, 1.54) is 11.1 Å². The van der Waals surface area contributed by atoms with E-state index in [2.05, 4.69) is 37.4 Å². The molecule has 1 heterocycles. The molecule has 0 saturated heterocycles. The molecule has 0 bridgehead atoms. The molecule has 25 heavy (non-hydrogen) atoms. The molecule has 0 aliphatic rings. The van der Waals surface area contributed by atoms with Crippen LogP contribution in [0.3, 0.4) is 0 Å². The van der Waals surface area contributed by atoms with E-state index >= 15 is 0 Å². The van der Waals surface area contributed by atoms with Crippen molar-refractivity contribution in [3.63, 3.8) is 0 Å². The van der Waals surface area contributed by atoms with Gasteiger partial charge in [0.25, 0.3) is 0 Å². The summed E-state index contributed by atoms with van der Waals surface area (Å²) in [5, 5.41) is 12.7. The van der Waals surface area contributed by atoms with Crippen molar-refractivity contribution in [2.24, 2.45) is 7.05 Å². The minimum atomic E-state index is 0.207. The Hall–Kier alpha value is -2.25. The van der Waals surface area contributed by atoms with Crippen LogP contribution in [0, 0.1) is 18.3 Å². The summed E-state index contributed by atoms with van der Waals surface area (Å²) in [5.74, 6) is 0.928. The number of nitrogens with zero attached hydrogens (tertiary/aromatic N) is 2. The third kappa shape index (κ3) is 5.37. The largest absolute Gasteiger partial charge is 0.491 e. The van der Waals surface area contributed by atoms with Crippen LogP contribution in [0.25, 0.3) is 0 Å². The molecule has 1 atom stereocenters. The van der Waals surface area contributed by atoms with Crippen LogP contribution >= 0.6 is 0 Å². The molecule has 1 aromatic heterocycles. The van der Waals surface area contributed by atoms with Crippen molar-refractivity contribution < 1.29 is 4.74 Å². The highest BCUT2D eigenvalue weighted by atomic mass is 16.5. The highest BCUT2D eigenvalue weighted by molar-refractivity contribution is 5.34. The molecule has 0 aliphatic carbocycles. The van der Waals surface area contributed by atoms with Crippen LogP contribution in [0.5, 0.6) is 5.75 Å². The first-order valence-corrected chi connectivity index (χ1v) is 8.95. The number of rotatable bonds is 8. The Kier molecular flexibility index (Phi) is 6.66. The monoisotopic (exact) mass is 339 g/mol. The summed E-state index contributed by atoms with van der Waals surface area (Å²) in [4.78, 5) is 0. The predicted octanol–water partition coefficient (Wildman–Crippen LogP) is 4.10. The maximum absolute atomic E-state index is 9.11. The van der Waals surface area contributed by atoms with Gasteiger partial charge in [0, 0.05) is 25.3 Å². The average molecular weight is 339 g/mol. The molecule has 2 aromatic rings. The molecule has 2 rings (SSSR count). The van der Waals surface area contributed by atoms with Crippen molar-refractivity contribution in [1.29, 1.82) is 5.26 Å².